The van der Waals surface area contributed by atoms with E-state index in [4.69, 9.17) is 17.2 Å². The van der Waals surface area contributed by atoms with Gasteiger partial charge in [0.2, 0.25) is 11.7 Å². The summed E-state index contributed by atoms with van der Waals surface area (Å²) >= 11 is 0.798. The number of nitrogens with zero attached hydrogens (tertiary/aromatic N) is 6. The number of hydrogen-bond acceptors (Lipinski definition) is 9. The number of aromatic nitrogens is 4. The van der Waals surface area contributed by atoms with Gasteiger partial charge >= 0.3 is 12.3 Å². The zero-order valence-electron chi connectivity index (χ0n) is 29.9. The van der Waals surface area contributed by atoms with E-state index in [1.807, 2.05) is 32.6 Å². The molecule has 49 heavy (non-hydrogen) atoms. The Morgan fingerprint density at radius 1 is 1.18 bits per heavy atom. The van der Waals surface area contributed by atoms with Crippen LogP contribution in [0.15, 0.2) is 16.3 Å². The number of fused-ring (bicyclic) bond motifs is 4. The van der Waals surface area contributed by atoms with E-state index in [-0.39, 0.29) is 66.0 Å². The minimum atomic E-state index is -4.57. The van der Waals surface area contributed by atoms with Crippen LogP contribution in [-0.2, 0) is 20.4 Å². The summed E-state index contributed by atoms with van der Waals surface area (Å²) in [6.07, 6.45) is -1.33. The molecule has 1 saturated heterocycles. The Morgan fingerprint density at radius 3 is 2.61 bits per heavy atom. The number of rotatable bonds is 4. The van der Waals surface area contributed by atoms with E-state index in [9.17, 15) is 27.6 Å². The molecule has 1 aliphatic carbocycles. The van der Waals surface area contributed by atoms with Crippen LogP contribution in [0.5, 0.6) is 0 Å². The molecular weight excluding hydrogens is 663 g/mol. The number of carbonyl (C=O) groups is 2. The second kappa shape index (κ2) is 12.1. The van der Waals surface area contributed by atoms with Gasteiger partial charge in [0.05, 0.1) is 31.6 Å². The lowest BCUT2D eigenvalue weighted by molar-refractivity contribution is -0.137. The Morgan fingerprint density at radius 2 is 1.94 bits per heavy atom. The average Bonchev–Trinajstić information content (AvgIpc) is 3.66. The molecule has 2 fully saturated rings. The molecule has 2 unspecified atom stereocenters. The van der Waals surface area contributed by atoms with Crippen LogP contribution in [0.2, 0.25) is 0 Å². The summed E-state index contributed by atoms with van der Waals surface area (Å²) < 4.78 is 70.7. The maximum Gasteiger partial charge on any atom is 0.417 e. The van der Waals surface area contributed by atoms with Gasteiger partial charge in [0, 0.05) is 37.0 Å². The van der Waals surface area contributed by atoms with E-state index in [2.05, 4.69) is 10.4 Å². The van der Waals surface area contributed by atoms with Crippen molar-refractivity contribution in [3.63, 3.8) is 0 Å². The van der Waals surface area contributed by atoms with Crippen molar-refractivity contribution in [1.82, 2.24) is 24.1 Å². The molecule has 3 aromatic rings. The maximum absolute atomic E-state index is 14.6. The van der Waals surface area contributed by atoms with Gasteiger partial charge in [-0.2, -0.15) is 22.7 Å². The van der Waals surface area contributed by atoms with E-state index in [0.29, 0.717) is 30.0 Å². The van der Waals surface area contributed by atoms with E-state index >= 15 is 0 Å². The van der Waals surface area contributed by atoms with Gasteiger partial charge in [-0.05, 0) is 70.9 Å². The first-order valence-corrected chi connectivity index (χ1v) is 17.3. The lowest BCUT2D eigenvalue weighted by Gasteiger charge is -2.54. The fourth-order valence-corrected chi connectivity index (χ4v) is 8.32. The Balaban J connectivity index is 1.32. The van der Waals surface area contributed by atoms with Crippen molar-refractivity contribution in [2.45, 2.75) is 103 Å². The highest BCUT2D eigenvalue weighted by molar-refractivity contribution is 7.14. The van der Waals surface area contributed by atoms with Crippen LogP contribution in [0.1, 0.15) is 97.1 Å². The molecular formula is C33H40F3N7O5S. The zero-order chi connectivity index (χ0) is 36.8. The molecule has 2 amide bonds. The van der Waals surface area contributed by atoms with Crippen molar-refractivity contribution in [2.75, 3.05) is 36.5 Å². The van der Waals surface area contributed by atoms with E-state index in [1.165, 1.54) is 11.4 Å². The van der Waals surface area contributed by atoms with Gasteiger partial charge in [0.25, 0.3) is 5.56 Å². The Bertz CT molecular complexity index is 2000. The zero-order valence-corrected chi connectivity index (χ0v) is 28.7. The number of amides is 2. The molecule has 0 radical (unpaired) electrons. The van der Waals surface area contributed by atoms with E-state index in [1.54, 1.807) is 15.5 Å². The van der Waals surface area contributed by atoms with Crippen LogP contribution in [-0.4, -0.2) is 80.0 Å². The lowest BCUT2D eigenvalue weighted by Crippen LogP contribution is -2.67. The lowest BCUT2D eigenvalue weighted by atomic mass is 9.81. The summed E-state index contributed by atoms with van der Waals surface area (Å²) in [7, 11) is 0. The van der Waals surface area contributed by atoms with Crippen LogP contribution >= 0.6 is 11.3 Å². The topological polar surface area (TPSA) is 123 Å². The molecule has 3 aliphatic heterocycles. The number of anilines is 2. The molecule has 7 rings (SSSR count). The fraction of sp³-hybridized carbons (Fsp3) is 0.606. The van der Waals surface area contributed by atoms with Crippen molar-refractivity contribution in [2.24, 2.45) is 0 Å². The molecule has 4 aliphatic rings. The highest BCUT2D eigenvalue weighted by Crippen LogP contribution is 2.46. The quantitative estimate of drug-likeness (QED) is 0.364. The summed E-state index contributed by atoms with van der Waals surface area (Å²) in [6.45, 7) is 7.40. The Hall–Kier alpha value is -3.92. The van der Waals surface area contributed by atoms with Gasteiger partial charge in [-0.1, -0.05) is 13.0 Å². The number of allylic oxidation sites excluding steroid dienone is 1. The van der Waals surface area contributed by atoms with Crippen molar-refractivity contribution in [3.05, 3.63) is 44.5 Å². The monoisotopic (exact) mass is 705 g/mol. The van der Waals surface area contributed by atoms with Crippen LogP contribution in [0.3, 0.4) is 0 Å². The van der Waals surface area contributed by atoms with Crippen molar-refractivity contribution >= 4 is 45.4 Å². The summed E-state index contributed by atoms with van der Waals surface area (Å²) in [5.74, 6) is -0.585. The number of ether oxygens (including phenoxy) is 2. The normalized spacial score (nSPS) is 25.8. The fourth-order valence-electron chi connectivity index (χ4n) is 7.33. The number of carbonyl (C=O) groups excluding carboxylic acids is 2. The second-order valence-electron chi connectivity index (χ2n) is 14.1. The summed E-state index contributed by atoms with van der Waals surface area (Å²) in [6, 6.07) is -1.32. The highest BCUT2D eigenvalue weighted by Gasteiger charge is 2.49. The van der Waals surface area contributed by atoms with Gasteiger partial charge < -0.3 is 24.6 Å². The summed E-state index contributed by atoms with van der Waals surface area (Å²) in [5.41, 5.74) is -0.512. The molecule has 0 bridgehead atoms. The molecule has 4 atom stereocenters. The minimum absolute atomic E-state index is 0.0221. The molecule has 3 aromatic heterocycles. The third kappa shape index (κ3) is 5.89. The summed E-state index contributed by atoms with van der Waals surface area (Å²) in [5, 5.41) is 8.39. The van der Waals surface area contributed by atoms with Gasteiger partial charge in [0.15, 0.2) is 5.82 Å². The van der Waals surface area contributed by atoms with Crippen molar-refractivity contribution in [3.8, 4) is 0 Å². The summed E-state index contributed by atoms with van der Waals surface area (Å²) in [4.78, 5) is 50.2. The van der Waals surface area contributed by atoms with Gasteiger partial charge in [0.1, 0.15) is 17.3 Å². The average molecular weight is 706 g/mol. The molecule has 0 aromatic carbocycles. The third-order valence-electron chi connectivity index (χ3n) is 9.74. The standard InChI is InChI=1S/C33H40F3N7O5S/c1-17-15-23(27(44)38-28-18(2)20(16-49-28)33(34,35)36)42-24(17)25(29(45)43-30(42)37-26(39-43)19-7-6-13-47-14-10-19)40-11-12-41(22-9-8-21(22)40)31(46)48-32(3,4)5/h10,16-17,21-23H,6-9,11-15H2,1-5H3,(H,38,44)/t17?,21-,22-,23?/m0/s1/i13D2. The molecule has 1 saturated carbocycles. The molecule has 16 heteroatoms. The smallest absolute Gasteiger partial charge is 0.417 e. The predicted molar refractivity (Wildman–Crippen MR) is 177 cm³/mol. The number of halogens is 3. The first-order valence-electron chi connectivity index (χ1n) is 17.5. The van der Waals surface area contributed by atoms with Crippen LogP contribution < -0.4 is 15.8 Å². The van der Waals surface area contributed by atoms with Crippen LogP contribution in [0.4, 0.5) is 28.7 Å². The minimum Gasteiger partial charge on any atom is -0.444 e. The molecule has 0 spiro atoms. The molecule has 12 nitrogen and oxygen atoms in total. The van der Waals surface area contributed by atoms with Gasteiger partial charge in [-0.15, -0.1) is 16.4 Å². The molecule has 1 N–H and O–H groups in total. The van der Waals surface area contributed by atoms with E-state index in [0.717, 1.165) is 29.6 Å². The Labute approximate surface area is 287 Å². The first-order chi connectivity index (χ1) is 23.8. The van der Waals surface area contributed by atoms with Crippen molar-refractivity contribution in [1.29, 1.82) is 0 Å². The predicted octanol–water partition coefficient (Wildman–Crippen LogP) is 5.75. The van der Waals surface area contributed by atoms with Crippen molar-refractivity contribution < 1.29 is 35.0 Å². The Kier molecular flexibility index (Phi) is 7.70. The van der Waals surface area contributed by atoms with Gasteiger partial charge in [-0.25, -0.2) is 4.79 Å². The second-order valence-corrected chi connectivity index (χ2v) is 14.9. The molecule has 264 valence electrons. The van der Waals surface area contributed by atoms with E-state index < -0.39 is 47.5 Å². The van der Waals surface area contributed by atoms with Crippen LogP contribution in [0.25, 0.3) is 11.4 Å². The number of alkyl halides is 3. The highest BCUT2D eigenvalue weighted by atomic mass is 32.1. The maximum atomic E-state index is 14.6. The number of thiophene rings is 1. The third-order valence-corrected chi connectivity index (χ3v) is 10.7. The van der Waals surface area contributed by atoms with Gasteiger partial charge in [-0.3, -0.25) is 14.2 Å². The SMILES string of the molecule is [2H]C1([2H])CCC(c2nc3n4c(c(N5CCN(C(=O)OC(C)(C)C)[C@H]6CC[C@@H]65)c(=O)n3n2)C(C)CC4C(=O)Nc2scc(C(F)(F)F)c2C)=CCO1. The first kappa shape index (κ1) is 31.1. The largest absolute Gasteiger partial charge is 0.444 e. The number of hydrogen-bond donors (Lipinski definition) is 1. The molecule has 6 heterocycles. The number of nitrogens with one attached hydrogen (secondary N) is 1. The number of piperazine rings is 1. The van der Waals surface area contributed by atoms with Crippen LogP contribution in [0, 0.1) is 6.92 Å².